The van der Waals surface area contributed by atoms with Gasteiger partial charge in [0.1, 0.15) is 18.1 Å². The topological polar surface area (TPSA) is 168 Å². The first-order chi connectivity index (χ1) is 21.8. The van der Waals surface area contributed by atoms with Gasteiger partial charge in [-0.15, -0.1) is 0 Å². The molecule has 0 saturated carbocycles. The van der Waals surface area contributed by atoms with E-state index >= 15 is 0 Å². The number of ether oxygens (including phenoxy) is 3. The molecule has 0 radical (unpaired) electrons. The van der Waals surface area contributed by atoms with Crippen LogP contribution < -0.4 is 0 Å². The second-order valence-electron chi connectivity index (χ2n) is 13.1. The van der Waals surface area contributed by atoms with Crippen molar-refractivity contribution in [1.29, 1.82) is 0 Å². The maximum absolute atomic E-state index is 13.3. The molecule has 0 unspecified atom stereocenters. The summed E-state index contributed by atoms with van der Waals surface area (Å²) in [6.45, 7) is 12.5. The zero-order valence-electron chi connectivity index (χ0n) is 27.8. The fourth-order valence-corrected chi connectivity index (χ4v) is 5.25. The molecular formula is C30H49BN3NaO12. The molecule has 3 rings (SSSR count). The van der Waals surface area contributed by atoms with E-state index in [2.05, 4.69) is 0 Å². The van der Waals surface area contributed by atoms with Gasteiger partial charge in [0.05, 0.1) is 19.8 Å². The standard InChI is InChI=1S/C30H48BN3O12.Na.H/c1-19(2)16-41-28(38)32-13-7-10-22(32)25(35)44-31(45-26(36)23-11-8-14-33(23)29(39)42-17-20(3)4)46-27(37)24-12-9-15-34(24)30(40)43-18-21(5)6;;/h19-24H,7-18H2,1-6H3;;/t22-,23-,24-;;/m1../s1. The molecule has 15 nitrogen and oxygen atoms in total. The van der Waals surface area contributed by atoms with Gasteiger partial charge in [0.25, 0.3) is 0 Å². The van der Waals surface area contributed by atoms with Crippen molar-refractivity contribution in [1.82, 2.24) is 14.7 Å². The second-order valence-corrected chi connectivity index (χ2v) is 13.1. The number of amides is 3. The van der Waals surface area contributed by atoms with Crippen LogP contribution in [0.15, 0.2) is 0 Å². The Morgan fingerprint density at radius 3 is 1.02 bits per heavy atom. The molecule has 0 aromatic rings. The summed E-state index contributed by atoms with van der Waals surface area (Å²) in [5.41, 5.74) is 0. The molecule has 3 atom stereocenters. The predicted octanol–water partition coefficient (Wildman–Crippen LogP) is 2.72. The third kappa shape index (κ3) is 12.0. The average Bonchev–Trinajstić information content (AvgIpc) is 3.78. The Morgan fingerprint density at radius 2 is 0.787 bits per heavy atom. The van der Waals surface area contributed by atoms with Crippen LogP contribution in [-0.2, 0) is 42.6 Å². The molecule has 47 heavy (non-hydrogen) atoms. The number of carbonyl (C=O) groups excluding carboxylic acids is 6. The molecule has 0 N–H and O–H groups in total. The van der Waals surface area contributed by atoms with E-state index < -0.39 is 61.6 Å². The monoisotopic (exact) mass is 677 g/mol. The van der Waals surface area contributed by atoms with Crippen molar-refractivity contribution in [3.63, 3.8) is 0 Å². The number of rotatable bonds is 12. The molecule has 17 heteroatoms. The van der Waals surface area contributed by atoms with Gasteiger partial charge < -0.3 is 28.2 Å². The summed E-state index contributed by atoms with van der Waals surface area (Å²) in [4.78, 5) is 81.7. The molecule has 3 saturated heterocycles. The van der Waals surface area contributed by atoms with Gasteiger partial charge in [0, 0.05) is 19.6 Å². The molecule has 260 valence electrons. The summed E-state index contributed by atoms with van der Waals surface area (Å²) in [6.07, 6.45) is 0.148. The molecule has 3 heterocycles. The van der Waals surface area contributed by atoms with Gasteiger partial charge in [-0.25, -0.2) is 14.4 Å². The zero-order valence-corrected chi connectivity index (χ0v) is 27.8. The minimum atomic E-state index is -2.15. The van der Waals surface area contributed by atoms with Gasteiger partial charge in [-0.05, 0) is 56.3 Å². The van der Waals surface area contributed by atoms with Gasteiger partial charge in [0.15, 0.2) is 0 Å². The molecule has 0 aromatic heterocycles. The molecule has 0 aliphatic carbocycles. The Kier molecular flexibility index (Phi) is 16.6. The van der Waals surface area contributed by atoms with E-state index in [4.69, 9.17) is 28.2 Å². The number of carbonyl (C=O) groups is 6. The Balaban J connectivity index is 0.00000768. The van der Waals surface area contributed by atoms with E-state index in [0.717, 1.165) is 0 Å². The summed E-state index contributed by atoms with van der Waals surface area (Å²) >= 11 is 0. The third-order valence-electron chi connectivity index (χ3n) is 7.54. The van der Waals surface area contributed by atoms with Crippen molar-refractivity contribution in [2.45, 2.75) is 98.2 Å². The van der Waals surface area contributed by atoms with Gasteiger partial charge >= 0.3 is 73.1 Å². The summed E-state index contributed by atoms with van der Waals surface area (Å²) < 4.78 is 32.1. The van der Waals surface area contributed by atoms with Crippen molar-refractivity contribution in [2.24, 2.45) is 17.8 Å². The first-order valence-electron chi connectivity index (χ1n) is 16.2. The summed E-state index contributed by atoms with van der Waals surface area (Å²) in [6, 6.07) is -3.20. The summed E-state index contributed by atoms with van der Waals surface area (Å²) in [5, 5.41) is 0. The van der Waals surface area contributed by atoms with Crippen molar-refractivity contribution >= 4 is 73.1 Å². The van der Waals surface area contributed by atoms with E-state index in [9.17, 15) is 28.8 Å². The SMILES string of the molecule is CC(C)COC(=O)N1CCC[C@@H]1C(=O)OB(OC(=O)[C@H]1CCCN1C(=O)OCC(C)C)OC(=O)[C@H]1CCCN1C(=O)OCC(C)C.[NaH]. The Hall–Kier alpha value is -2.72. The van der Waals surface area contributed by atoms with Crippen LogP contribution in [0.2, 0.25) is 0 Å². The molecule has 0 aromatic carbocycles. The first kappa shape index (κ1) is 40.5. The van der Waals surface area contributed by atoms with Crippen LogP contribution in [0.4, 0.5) is 14.4 Å². The maximum atomic E-state index is 13.3. The summed E-state index contributed by atoms with van der Waals surface area (Å²) in [5.74, 6) is -2.67. The number of hydrogen-bond donors (Lipinski definition) is 0. The van der Waals surface area contributed by atoms with Gasteiger partial charge in [0.2, 0.25) is 0 Å². The molecule has 0 bridgehead atoms. The van der Waals surface area contributed by atoms with Crippen LogP contribution in [0.25, 0.3) is 0 Å². The van der Waals surface area contributed by atoms with Crippen LogP contribution in [0.3, 0.4) is 0 Å². The Labute approximate surface area is 299 Å². The molecule has 0 spiro atoms. The minimum absolute atomic E-state index is 0. The van der Waals surface area contributed by atoms with E-state index in [-0.39, 0.29) is 106 Å². The predicted molar refractivity (Wildman–Crippen MR) is 169 cm³/mol. The zero-order chi connectivity index (χ0) is 34.0. The van der Waals surface area contributed by atoms with E-state index in [1.165, 1.54) is 14.7 Å². The van der Waals surface area contributed by atoms with E-state index in [1.54, 1.807) is 0 Å². The quantitative estimate of drug-likeness (QED) is 0.219. The normalized spacial score (nSPS) is 20.6. The van der Waals surface area contributed by atoms with Crippen LogP contribution in [-0.4, -0.2) is 145 Å². The van der Waals surface area contributed by atoms with Crippen molar-refractivity contribution in [2.75, 3.05) is 39.5 Å². The number of nitrogens with zero attached hydrogens (tertiary/aromatic N) is 3. The average molecular weight is 678 g/mol. The van der Waals surface area contributed by atoms with Crippen LogP contribution in [0, 0.1) is 17.8 Å². The molecular weight excluding hydrogens is 628 g/mol. The Morgan fingerprint density at radius 1 is 0.532 bits per heavy atom. The van der Waals surface area contributed by atoms with Crippen molar-refractivity contribution in [3.05, 3.63) is 0 Å². The molecule has 3 aliphatic rings. The molecule has 3 fully saturated rings. The van der Waals surface area contributed by atoms with Crippen molar-refractivity contribution < 1.29 is 56.9 Å². The fraction of sp³-hybridized carbons (Fsp3) is 0.800. The Bertz CT molecular complexity index is 977. The van der Waals surface area contributed by atoms with Crippen LogP contribution in [0.1, 0.15) is 80.1 Å². The number of hydrogen-bond acceptors (Lipinski definition) is 12. The number of likely N-dealkylation sites (tertiary alicyclic amines) is 3. The van der Waals surface area contributed by atoms with Crippen LogP contribution >= 0.6 is 0 Å². The van der Waals surface area contributed by atoms with Gasteiger partial charge in [-0.2, -0.15) is 0 Å². The summed E-state index contributed by atoms with van der Waals surface area (Å²) in [7, 11) is -2.15. The van der Waals surface area contributed by atoms with E-state index in [1.807, 2.05) is 41.5 Å². The fourth-order valence-electron chi connectivity index (χ4n) is 5.25. The second kappa shape index (κ2) is 19.3. The van der Waals surface area contributed by atoms with Gasteiger partial charge in [-0.1, -0.05) is 41.5 Å². The first-order valence-corrected chi connectivity index (χ1v) is 16.2. The van der Waals surface area contributed by atoms with Crippen LogP contribution in [0.5, 0.6) is 0 Å². The van der Waals surface area contributed by atoms with Gasteiger partial charge in [-0.3, -0.25) is 29.1 Å². The van der Waals surface area contributed by atoms with Crippen molar-refractivity contribution in [3.8, 4) is 0 Å². The molecule has 3 aliphatic heterocycles. The molecule has 3 amide bonds. The van der Waals surface area contributed by atoms with E-state index in [0.29, 0.717) is 19.3 Å². The third-order valence-corrected chi connectivity index (χ3v) is 7.54.